The van der Waals surface area contributed by atoms with Crippen LogP contribution in [0, 0.1) is 17.5 Å². The smallest absolute Gasteiger partial charge is 0.350 e. The number of carbonyl (C=O) groups excluding carboxylic acids is 2. The number of cyclic esters (lactones) is 2. The highest BCUT2D eigenvalue weighted by Crippen LogP contribution is 2.27. The van der Waals surface area contributed by atoms with E-state index in [1.54, 1.807) is 0 Å². The standard InChI is InChI=1S/C8HF3O3/c9-2-1-3(10)6(11)5-4(2)7(12)14-8(5)13/h1H. The lowest BCUT2D eigenvalue weighted by Gasteiger charge is -1.97. The van der Waals surface area contributed by atoms with Crippen molar-refractivity contribution in [2.75, 3.05) is 0 Å². The van der Waals surface area contributed by atoms with E-state index in [0.717, 1.165) is 0 Å². The Balaban J connectivity index is 2.86. The number of rotatable bonds is 0. The summed E-state index contributed by atoms with van der Waals surface area (Å²) in [4.78, 5) is 21.6. The molecule has 0 spiro atoms. The number of carbonyl (C=O) groups is 2. The van der Waals surface area contributed by atoms with Crippen LogP contribution in [-0.4, -0.2) is 11.9 Å². The summed E-state index contributed by atoms with van der Waals surface area (Å²) in [6.07, 6.45) is 0. The topological polar surface area (TPSA) is 43.4 Å². The van der Waals surface area contributed by atoms with Crippen molar-refractivity contribution in [3.8, 4) is 0 Å². The van der Waals surface area contributed by atoms with Gasteiger partial charge >= 0.3 is 11.9 Å². The zero-order valence-corrected chi connectivity index (χ0v) is 6.44. The minimum absolute atomic E-state index is 0.189. The van der Waals surface area contributed by atoms with Crippen LogP contribution >= 0.6 is 0 Å². The molecule has 2 rings (SSSR count). The zero-order valence-electron chi connectivity index (χ0n) is 6.44. The molecule has 0 radical (unpaired) electrons. The van der Waals surface area contributed by atoms with Gasteiger partial charge in [-0.3, -0.25) is 0 Å². The van der Waals surface area contributed by atoms with Gasteiger partial charge in [0, 0.05) is 6.07 Å². The SMILES string of the molecule is O=C1OC(=O)c2c(F)c(F)cc(F)c21. The second-order valence-corrected chi connectivity index (χ2v) is 2.58. The first-order valence-electron chi connectivity index (χ1n) is 3.46. The molecular weight excluding hydrogens is 201 g/mol. The quantitative estimate of drug-likeness (QED) is 0.363. The van der Waals surface area contributed by atoms with E-state index in [4.69, 9.17) is 0 Å². The number of ether oxygens (including phenoxy) is 1. The van der Waals surface area contributed by atoms with Crippen molar-refractivity contribution < 1.29 is 27.5 Å². The molecule has 1 aromatic carbocycles. The Bertz CT molecular complexity index is 467. The van der Waals surface area contributed by atoms with Gasteiger partial charge in [-0.2, -0.15) is 0 Å². The normalized spacial score (nSPS) is 14.2. The fraction of sp³-hybridized carbons (Fsp3) is 0. The summed E-state index contributed by atoms with van der Waals surface area (Å²) in [6, 6.07) is 0.189. The lowest BCUT2D eigenvalue weighted by atomic mass is 10.1. The highest BCUT2D eigenvalue weighted by atomic mass is 19.2. The van der Waals surface area contributed by atoms with Crippen molar-refractivity contribution in [1.82, 2.24) is 0 Å². The maximum absolute atomic E-state index is 12.9. The average Bonchev–Trinajstić information content (AvgIpc) is 2.38. The molecule has 0 aromatic heterocycles. The maximum atomic E-state index is 12.9. The highest BCUT2D eigenvalue weighted by molar-refractivity contribution is 6.14. The van der Waals surface area contributed by atoms with Gasteiger partial charge in [0.2, 0.25) is 0 Å². The minimum Gasteiger partial charge on any atom is -0.385 e. The predicted octanol–water partition coefficient (Wildman–Crippen LogP) is 1.41. The summed E-state index contributed by atoms with van der Waals surface area (Å²) in [5.74, 6) is -7.10. The molecule has 0 saturated carbocycles. The van der Waals surface area contributed by atoms with Crippen molar-refractivity contribution in [2.24, 2.45) is 0 Å². The summed E-state index contributed by atoms with van der Waals surface area (Å²) in [7, 11) is 0. The Morgan fingerprint density at radius 1 is 0.929 bits per heavy atom. The fourth-order valence-electron chi connectivity index (χ4n) is 1.17. The van der Waals surface area contributed by atoms with E-state index in [1.165, 1.54) is 0 Å². The first kappa shape index (κ1) is 8.74. The number of benzene rings is 1. The Labute approximate surface area is 75.1 Å². The van der Waals surface area contributed by atoms with E-state index in [9.17, 15) is 22.8 Å². The van der Waals surface area contributed by atoms with Crippen molar-refractivity contribution in [3.05, 3.63) is 34.6 Å². The molecule has 0 atom stereocenters. The predicted molar refractivity (Wildman–Crippen MR) is 36.1 cm³/mol. The van der Waals surface area contributed by atoms with Crippen LogP contribution in [0.15, 0.2) is 6.07 Å². The molecule has 1 aliphatic rings. The number of halogens is 3. The minimum atomic E-state index is -1.57. The number of fused-ring (bicyclic) bond motifs is 1. The third-order valence-corrected chi connectivity index (χ3v) is 1.77. The van der Waals surface area contributed by atoms with Gasteiger partial charge in [-0.15, -0.1) is 0 Å². The molecule has 72 valence electrons. The van der Waals surface area contributed by atoms with Gasteiger partial charge in [0.1, 0.15) is 16.9 Å². The van der Waals surface area contributed by atoms with Gasteiger partial charge in [0.25, 0.3) is 0 Å². The van der Waals surface area contributed by atoms with Crippen LogP contribution in [0.1, 0.15) is 20.7 Å². The maximum Gasteiger partial charge on any atom is 0.350 e. The molecule has 0 aliphatic carbocycles. The molecule has 1 aliphatic heterocycles. The van der Waals surface area contributed by atoms with Gasteiger partial charge in [-0.1, -0.05) is 0 Å². The molecule has 14 heavy (non-hydrogen) atoms. The van der Waals surface area contributed by atoms with Gasteiger partial charge < -0.3 is 4.74 Å². The molecule has 0 N–H and O–H groups in total. The van der Waals surface area contributed by atoms with E-state index in [-0.39, 0.29) is 6.07 Å². The Kier molecular flexibility index (Phi) is 1.60. The Morgan fingerprint density at radius 2 is 1.50 bits per heavy atom. The van der Waals surface area contributed by atoms with Crippen molar-refractivity contribution in [2.45, 2.75) is 0 Å². The van der Waals surface area contributed by atoms with Crippen molar-refractivity contribution in [1.29, 1.82) is 0 Å². The number of hydrogen-bond donors (Lipinski definition) is 0. The molecule has 0 amide bonds. The van der Waals surface area contributed by atoms with E-state index in [1.807, 2.05) is 0 Å². The summed E-state index contributed by atoms with van der Waals surface area (Å²) in [5.41, 5.74) is -1.83. The number of hydrogen-bond acceptors (Lipinski definition) is 3. The lowest BCUT2D eigenvalue weighted by Crippen LogP contribution is -2.02. The van der Waals surface area contributed by atoms with Crippen LogP contribution in [0.4, 0.5) is 13.2 Å². The van der Waals surface area contributed by atoms with Gasteiger partial charge in [0.05, 0.1) is 0 Å². The second kappa shape index (κ2) is 2.57. The molecule has 1 heterocycles. The van der Waals surface area contributed by atoms with E-state index in [0.29, 0.717) is 0 Å². The fourth-order valence-corrected chi connectivity index (χ4v) is 1.17. The zero-order chi connectivity index (χ0) is 10.5. The largest absolute Gasteiger partial charge is 0.385 e. The van der Waals surface area contributed by atoms with E-state index < -0.39 is 40.5 Å². The lowest BCUT2D eigenvalue weighted by molar-refractivity contribution is 0.0440. The molecule has 0 unspecified atom stereocenters. The van der Waals surface area contributed by atoms with E-state index in [2.05, 4.69) is 4.74 Å². The monoisotopic (exact) mass is 202 g/mol. The third kappa shape index (κ3) is 0.935. The van der Waals surface area contributed by atoms with Crippen LogP contribution < -0.4 is 0 Å². The highest BCUT2D eigenvalue weighted by Gasteiger charge is 2.37. The van der Waals surface area contributed by atoms with Gasteiger partial charge in [0.15, 0.2) is 11.6 Å². The molecule has 0 bridgehead atoms. The number of esters is 2. The molecule has 6 heteroatoms. The first-order valence-corrected chi connectivity index (χ1v) is 3.46. The van der Waals surface area contributed by atoms with Crippen LogP contribution in [0.25, 0.3) is 0 Å². The second-order valence-electron chi connectivity index (χ2n) is 2.58. The van der Waals surface area contributed by atoms with Crippen LogP contribution in [0.2, 0.25) is 0 Å². The molecule has 1 aromatic rings. The van der Waals surface area contributed by atoms with Crippen molar-refractivity contribution in [3.63, 3.8) is 0 Å². The summed E-state index contributed by atoms with van der Waals surface area (Å²) >= 11 is 0. The first-order chi connectivity index (χ1) is 6.52. The van der Waals surface area contributed by atoms with E-state index >= 15 is 0 Å². The summed E-state index contributed by atoms with van der Waals surface area (Å²) in [6.45, 7) is 0. The van der Waals surface area contributed by atoms with Gasteiger partial charge in [-0.25, -0.2) is 22.8 Å². The molecule has 3 nitrogen and oxygen atoms in total. The summed E-state index contributed by atoms with van der Waals surface area (Å²) in [5, 5.41) is 0. The molecule has 0 fully saturated rings. The molecular formula is C8HF3O3. The average molecular weight is 202 g/mol. The van der Waals surface area contributed by atoms with Crippen LogP contribution in [-0.2, 0) is 4.74 Å². The van der Waals surface area contributed by atoms with Crippen molar-refractivity contribution >= 4 is 11.9 Å². The van der Waals surface area contributed by atoms with Gasteiger partial charge in [-0.05, 0) is 0 Å². The Hall–Kier alpha value is -1.85. The third-order valence-electron chi connectivity index (χ3n) is 1.77. The Morgan fingerprint density at radius 3 is 2.14 bits per heavy atom. The van der Waals surface area contributed by atoms with Crippen LogP contribution in [0.3, 0.4) is 0 Å². The summed E-state index contributed by atoms with van der Waals surface area (Å²) < 4.78 is 42.3. The molecule has 0 saturated heterocycles. The van der Waals surface area contributed by atoms with Crippen LogP contribution in [0.5, 0.6) is 0 Å².